The standard InChI is InChI=1S/C18H24N6O2/c1-13-4-2-3-5-14(13)12-24-9-8-20-18(26)16(24)10-17(25)19-7-6-15-11-21-23-22-15/h2-5,11,16H,6-10,12H2,1H3,(H,19,25)(H,20,26)(H,21,22,23)/t16-/m0/s1. The molecule has 1 atom stereocenters. The van der Waals surface area contributed by atoms with Crippen LogP contribution in [0, 0.1) is 6.92 Å². The summed E-state index contributed by atoms with van der Waals surface area (Å²) in [5, 5.41) is 15.9. The highest BCUT2D eigenvalue weighted by Crippen LogP contribution is 2.16. The topological polar surface area (TPSA) is 103 Å². The SMILES string of the molecule is Cc1ccccc1CN1CCNC(=O)[C@@H]1CC(=O)NCCc1cn[nH]n1. The first-order chi connectivity index (χ1) is 12.6. The number of carbonyl (C=O) groups excluding carboxylic acids is 2. The second kappa shape index (κ2) is 8.57. The fourth-order valence-electron chi connectivity index (χ4n) is 3.10. The molecule has 8 nitrogen and oxygen atoms in total. The lowest BCUT2D eigenvalue weighted by Crippen LogP contribution is -2.56. The Hall–Kier alpha value is -2.74. The maximum Gasteiger partial charge on any atom is 0.237 e. The van der Waals surface area contributed by atoms with Gasteiger partial charge >= 0.3 is 0 Å². The molecule has 2 aromatic rings. The molecule has 8 heteroatoms. The monoisotopic (exact) mass is 356 g/mol. The largest absolute Gasteiger partial charge is 0.356 e. The molecule has 0 saturated carbocycles. The number of aryl methyl sites for hydroxylation is 1. The summed E-state index contributed by atoms with van der Waals surface area (Å²) in [6.07, 6.45) is 2.38. The number of H-pyrrole nitrogens is 1. The van der Waals surface area contributed by atoms with Crippen LogP contribution in [0.3, 0.4) is 0 Å². The van der Waals surface area contributed by atoms with Gasteiger partial charge in [0.05, 0.1) is 24.4 Å². The maximum atomic E-state index is 12.3. The Morgan fingerprint density at radius 3 is 3.00 bits per heavy atom. The minimum atomic E-state index is -0.449. The molecule has 1 saturated heterocycles. The highest BCUT2D eigenvalue weighted by atomic mass is 16.2. The van der Waals surface area contributed by atoms with Gasteiger partial charge in [-0.25, -0.2) is 0 Å². The number of aromatic amines is 1. The average molecular weight is 356 g/mol. The number of aromatic nitrogens is 3. The van der Waals surface area contributed by atoms with E-state index in [4.69, 9.17) is 0 Å². The van der Waals surface area contributed by atoms with E-state index in [-0.39, 0.29) is 18.2 Å². The number of carbonyl (C=O) groups is 2. The number of rotatable bonds is 7. The van der Waals surface area contributed by atoms with Crippen molar-refractivity contribution in [2.75, 3.05) is 19.6 Å². The molecule has 138 valence electrons. The third-order valence-electron chi connectivity index (χ3n) is 4.62. The molecule has 2 amide bonds. The lowest BCUT2D eigenvalue weighted by molar-refractivity contribution is -0.134. The first-order valence-electron chi connectivity index (χ1n) is 8.81. The smallest absolute Gasteiger partial charge is 0.237 e. The number of amides is 2. The van der Waals surface area contributed by atoms with E-state index in [9.17, 15) is 9.59 Å². The predicted octanol–water partition coefficient (Wildman–Crippen LogP) is 0.163. The van der Waals surface area contributed by atoms with Crippen LogP contribution in [0.15, 0.2) is 30.5 Å². The van der Waals surface area contributed by atoms with Gasteiger partial charge in [-0.15, -0.1) is 0 Å². The molecule has 3 rings (SSSR count). The van der Waals surface area contributed by atoms with Gasteiger partial charge in [-0.2, -0.15) is 15.4 Å². The molecule has 1 aromatic carbocycles. The second-order valence-corrected chi connectivity index (χ2v) is 6.47. The summed E-state index contributed by atoms with van der Waals surface area (Å²) in [6.45, 7) is 4.53. The molecule has 0 unspecified atom stereocenters. The number of nitrogens with zero attached hydrogens (tertiary/aromatic N) is 3. The quantitative estimate of drug-likeness (QED) is 0.656. The summed E-state index contributed by atoms with van der Waals surface area (Å²) >= 11 is 0. The van der Waals surface area contributed by atoms with Crippen LogP contribution in [0.5, 0.6) is 0 Å². The second-order valence-electron chi connectivity index (χ2n) is 6.47. The van der Waals surface area contributed by atoms with Crippen molar-refractivity contribution < 1.29 is 9.59 Å². The normalized spacial score (nSPS) is 17.7. The van der Waals surface area contributed by atoms with Gasteiger partial charge in [0.15, 0.2) is 0 Å². The van der Waals surface area contributed by atoms with Crippen LogP contribution in [0.2, 0.25) is 0 Å². The molecule has 2 heterocycles. The van der Waals surface area contributed by atoms with Gasteiger partial charge in [0.2, 0.25) is 11.8 Å². The zero-order valence-corrected chi connectivity index (χ0v) is 14.9. The third-order valence-corrected chi connectivity index (χ3v) is 4.62. The molecule has 1 aromatic heterocycles. The van der Waals surface area contributed by atoms with Crippen LogP contribution in [-0.4, -0.2) is 57.8 Å². The molecule has 1 fully saturated rings. The van der Waals surface area contributed by atoms with E-state index in [1.807, 2.05) is 12.1 Å². The molecule has 0 spiro atoms. The highest BCUT2D eigenvalue weighted by molar-refractivity contribution is 5.88. The van der Waals surface area contributed by atoms with Gasteiger partial charge in [-0.1, -0.05) is 24.3 Å². The summed E-state index contributed by atoms with van der Waals surface area (Å²) in [5.41, 5.74) is 3.16. The Labute approximate surface area is 152 Å². The zero-order chi connectivity index (χ0) is 18.4. The van der Waals surface area contributed by atoms with E-state index >= 15 is 0 Å². The van der Waals surface area contributed by atoms with Gasteiger partial charge < -0.3 is 10.6 Å². The molecular weight excluding hydrogens is 332 g/mol. The number of hydrogen-bond donors (Lipinski definition) is 3. The first kappa shape index (κ1) is 18.1. The third kappa shape index (κ3) is 4.66. The molecular formula is C18H24N6O2. The first-order valence-corrected chi connectivity index (χ1v) is 8.81. The van der Waals surface area contributed by atoms with Gasteiger partial charge in [0, 0.05) is 32.6 Å². The van der Waals surface area contributed by atoms with E-state index in [0.717, 1.165) is 12.2 Å². The van der Waals surface area contributed by atoms with E-state index in [1.54, 1.807) is 6.20 Å². The highest BCUT2D eigenvalue weighted by Gasteiger charge is 2.31. The molecule has 1 aliphatic heterocycles. The van der Waals surface area contributed by atoms with Gasteiger partial charge in [0.25, 0.3) is 0 Å². The number of piperazine rings is 1. The fraction of sp³-hybridized carbons (Fsp3) is 0.444. The predicted molar refractivity (Wildman–Crippen MR) is 96.1 cm³/mol. The van der Waals surface area contributed by atoms with Crippen molar-refractivity contribution >= 4 is 11.8 Å². The zero-order valence-electron chi connectivity index (χ0n) is 14.9. The van der Waals surface area contributed by atoms with E-state index in [2.05, 4.69) is 50.0 Å². The molecule has 0 bridgehead atoms. The van der Waals surface area contributed by atoms with Gasteiger partial charge in [-0.05, 0) is 18.1 Å². The summed E-state index contributed by atoms with van der Waals surface area (Å²) in [6, 6.07) is 7.68. The maximum absolute atomic E-state index is 12.3. The van der Waals surface area contributed by atoms with Gasteiger partial charge in [0.1, 0.15) is 0 Å². The van der Waals surface area contributed by atoms with Crippen LogP contribution in [0.1, 0.15) is 23.2 Å². The van der Waals surface area contributed by atoms with Crippen LogP contribution in [0.4, 0.5) is 0 Å². The van der Waals surface area contributed by atoms with Gasteiger partial charge in [-0.3, -0.25) is 14.5 Å². The molecule has 3 N–H and O–H groups in total. The lowest BCUT2D eigenvalue weighted by Gasteiger charge is -2.35. The van der Waals surface area contributed by atoms with Crippen LogP contribution in [0.25, 0.3) is 0 Å². The van der Waals surface area contributed by atoms with Crippen molar-refractivity contribution in [1.82, 2.24) is 30.9 Å². The summed E-state index contributed by atoms with van der Waals surface area (Å²) < 4.78 is 0. The van der Waals surface area contributed by atoms with Crippen LogP contribution < -0.4 is 10.6 Å². The minimum Gasteiger partial charge on any atom is -0.356 e. The van der Waals surface area contributed by atoms with E-state index < -0.39 is 6.04 Å². The fourth-order valence-corrected chi connectivity index (χ4v) is 3.10. The molecule has 0 aliphatic carbocycles. The Balaban J connectivity index is 1.56. The van der Waals surface area contributed by atoms with Crippen molar-refractivity contribution in [2.45, 2.75) is 32.4 Å². The van der Waals surface area contributed by atoms with Crippen molar-refractivity contribution in [1.29, 1.82) is 0 Å². The summed E-state index contributed by atoms with van der Waals surface area (Å²) in [5.74, 6) is -0.221. The Morgan fingerprint density at radius 2 is 2.23 bits per heavy atom. The van der Waals surface area contributed by atoms with Crippen molar-refractivity contribution in [3.8, 4) is 0 Å². The average Bonchev–Trinajstić information content (AvgIpc) is 3.13. The van der Waals surface area contributed by atoms with E-state index in [1.165, 1.54) is 11.1 Å². The van der Waals surface area contributed by atoms with Crippen LogP contribution >= 0.6 is 0 Å². The molecule has 1 aliphatic rings. The Bertz CT molecular complexity index is 746. The van der Waals surface area contributed by atoms with Crippen molar-refractivity contribution in [3.63, 3.8) is 0 Å². The van der Waals surface area contributed by atoms with Crippen LogP contribution in [-0.2, 0) is 22.6 Å². The number of nitrogens with one attached hydrogen (secondary N) is 3. The van der Waals surface area contributed by atoms with E-state index in [0.29, 0.717) is 26.1 Å². The lowest BCUT2D eigenvalue weighted by atomic mass is 10.0. The molecule has 26 heavy (non-hydrogen) atoms. The molecule has 0 radical (unpaired) electrons. The Kier molecular flexibility index (Phi) is 5.96. The van der Waals surface area contributed by atoms with Crippen molar-refractivity contribution in [3.05, 3.63) is 47.3 Å². The Morgan fingerprint density at radius 1 is 1.38 bits per heavy atom. The summed E-state index contributed by atoms with van der Waals surface area (Å²) in [7, 11) is 0. The number of benzene rings is 1. The summed E-state index contributed by atoms with van der Waals surface area (Å²) in [4.78, 5) is 26.7. The number of hydrogen-bond acceptors (Lipinski definition) is 5. The minimum absolute atomic E-state index is 0.0866. The van der Waals surface area contributed by atoms with Crippen molar-refractivity contribution in [2.24, 2.45) is 0 Å².